The molecule has 0 saturated carbocycles. The summed E-state index contributed by atoms with van der Waals surface area (Å²) in [6.45, 7) is 7.68. The molecule has 0 aliphatic heterocycles. The molecule has 1 aromatic rings. The fourth-order valence-corrected chi connectivity index (χ4v) is 2.55. The number of rotatable bonds is 7. The lowest BCUT2D eigenvalue weighted by Gasteiger charge is -2.21. The van der Waals surface area contributed by atoms with Gasteiger partial charge in [0.25, 0.3) is 0 Å². The smallest absolute Gasteiger partial charge is 0.193 e. The van der Waals surface area contributed by atoms with Crippen LogP contribution in [0.4, 0.5) is 0 Å². The number of aromatic nitrogens is 1. The molecule has 5 heteroatoms. The molecule has 0 atom stereocenters. The monoisotopic (exact) mass is 280 g/mol. The Kier molecular flexibility index (Phi) is 7.18. The maximum Gasteiger partial charge on any atom is 0.193 e. The first-order valence-electron chi connectivity index (χ1n) is 6.61. The number of hydrogen-bond acceptors (Lipinski definition) is 3. The van der Waals surface area contributed by atoms with Crippen molar-refractivity contribution in [3.05, 3.63) is 28.7 Å². The van der Waals surface area contributed by atoms with Gasteiger partial charge in [0.15, 0.2) is 5.96 Å². The first kappa shape index (κ1) is 15.7. The second-order valence-electron chi connectivity index (χ2n) is 4.44. The van der Waals surface area contributed by atoms with Crippen molar-refractivity contribution >= 4 is 17.3 Å². The molecule has 0 bridgehead atoms. The van der Waals surface area contributed by atoms with Gasteiger partial charge in [0.2, 0.25) is 0 Å². The third-order valence-corrected chi connectivity index (χ3v) is 3.74. The van der Waals surface area contributed by atoms with E-state index in [0.29, 0.717) is 0 Å². The van der Waals surface area contributed by atoms with Gasteiger partial charge in [-0.25, -0.2) is 4.98 Å². The molecule has 1 aromatic heterocycles. The van der Waals surface area contributed by atoms with Crippen LogP contribution >= 0.6 is 11.3 Å². The zero-order valence-corrected chi connectivity index (χ0v) is 13.0. The predicted molar refractivity (Wildman–Crippen MR) is 84.0 cm³/mol. The summed E-state index contributed by atoms with van der Waals surface area (Å²) in [7, 11) is 3.88. The van der Waals surface area contributed by atoms with E-state index in [9.17, 15) is 0 Å². The Bertz CT molecular complexity index is 411. The van der Waals surface area contributed by atoms with E-state index in [1.54, 1.807) is 11.3 Å². The van der Waals surface area contributed by atoms with Gasteiger partial charge in [-0.05, 0) is 19.8 Å². The molecule has 1 rings (SSSR count). The van der Waals surface area contributed by atoms with Crippen molar-refractivity contribution in [1.82, 2.24) is 15.2 Å². The topological polar surface area (TPSA) is 40.5 Å². The van der Waals surface area contributed by atoms with E-state index in [1.165, 1.54) is 9.88 Å². The lowest BCUT2D eigenvalue weighted by Crippen LogP contribution is -2.40. The predicted octanol–water partition coefficient (Wildman–Crippen LogP) is 2.47. The fraction of sp³-hybridized carbons (Fsp3) is 0.571. The maximum absolute atomic E-state index is 4.36. The van der Waals surface area contributed by atoms with Crippen LogP contribution in [-0.2, 0) is 6.42 Å². The zero-order chi connectivity index (χ0) is 14.1. The van der Waals surface area contributed by atoms with Crippen LogP contribution in [0.3, 0.4) is 0 Å². The number of unbranched alkanes of at least 4 members (excludes halogenated alkanes) is 1. The average molecular weight is 280 g/mol. The minimum absolute atomic E-state index is 0.866. The van der Waals surface area contributed by atoms with Gasteiger partial charge in [0, 0.05) is 44.7 Å². The SMILES string of the molecule is C=CCCCN(C)C(=NC)NCCc1ncc(C)s1. The molecule has 0 radical (unpaired) electrons. The standard InChI is InChI=1S/C14H24N4S/c1-5-6-7-10-18(4)14(15-3)16-9-8-13-17-11-12(2)19-13/h5,11H,1,6-10H2,2-4H3,(H,15,16). The Morgan fingerprint density at radius 1 is 1.63 bits per heavy atom. The van der Waals surface area contributed by atoms with Crippen molar-refractivity contribution in [1.29, 1.82) is 0 Å². The van der Waals surface area contributed by atoms with Crippen LogP contribution in [0.1, 0.15) is 22.7 Å². The molecule has 0 saturated heterocycles. The van der Waals surface area contributed by atoms with Gasteiger partial charge in [-0.2, -0.15) is 0 Å². The number of hydrogen-bond donors (Lipinski definition) is 1. The first-order valence-corrected chi connectivity index (χ1v) is 7.43. The van der Waals surface area contributed by atoms with E-state index in [0.717, 1.165) is 38.3 Å². The zero-order valence-electron chi connectivity index (χ0n) is 12.1. The molecule has 0 aliphatic rings. The highest BCUT2D eigenvalue weighted by molar-refractivity contribution is 7.11. The lowest BCUT2D eigenvalue weighted by atomic mass is 10.3. The molecular weight excluding hydrogens is 256 g/mol. The van der Waals surface area contributed by atoms with E-state index >= 15 is 0 Å². The summed E-state index contributed by atoms with van der Waals surface area (Å²) < 4.78 is 0. The molecule has 1 heterocycles. The minimum Gasteiger partial charge on any atom is -0.356 e. The van der Waals surface area contributed by atoms with Crippen molar-refractivity contribution < 1.29 is 0 Å². The molecular formula is C14H24N4S. The number of aryl methyl sites for hydroxylation is 1. The Balaban J connectivity index is 2.30. The largest absolute Gasteiger partial charge is 0.356 e. The van der Waals surface area contributed by atoms with Gasteiger partial charge in [-0.15, -0.1) is 17.9 Å². The van der Waals surface area contributed by atoms with Crippen molar-refractivity contribution in [2.45, 2.75) is 26.2 Å². The molecule has 0 unspecified atom stereocenters. The van der Waals surface area contributed by atoms with E-state index < -0.39 is 0 Å². The van der Waals surface area contributed by atoms with Gasteiger partial charge in [0.05, 0.1) is 5.01 Å². The number of allylic oxidation sites excluding steroid dienone is 1. The Labute approximate surface area is 120 Å². The number of aliphatic imine (C=N–C) groups is 1. The summed E-state index contributed by atoms with van der Waals surface area (Å²) in [6.07, 6.45) is 6.97. The van der Waals surface area contributed by atoms with Crippen molar-refractivity contribution in [2.24, 2.45) is 4.99 Å². The summed E-state index contributed by atoms with van der Waals surface area (Å²) in [5.41, 5.74) is 0. The molecule has 0 aliphatic carbocycles. The van der Waals surface area contributed by atoms with Gasteiger partial charge in [-0.1, -0.05) is 6.08 Å². The summed E-state index contributed by atoms with van der Waals surface area (Å²) in [6, 6.07) is 0. The summed E-state index contributed by atoms with van der Waals surface area (Å²) in [5.74, 6) is 0.942. The van der Waals surface area contributed by atoms with Crippen LogP contribution in [0.2, 0.25) is 0 Å². The summed E-state index contributed by atoms with van der Waals surface area (Å²) in [5, 5.41) is 4.55. The van der Waals surface area contributed by atoms with Crippen LogP contribution in [0.5, 0.6) is 0 Å². The number of nitrogens with zero attached hydrogens (tertiary/aromatic N) is 3. The highest BCUT2D eigenvalue weighted by Crippen LogP contribution is 2.10. The number of thiazole rings is 1. The van der Waals surface area contributed by atoms with Gasteiger partial charge in [0.1, 0.15) is 0 Å². The highest BCUT2D eigenvalue weighted by Gasteiger charge is 2.05. The van der Waals surface area contributed by atoms with Crippen molar-refractivity contribution in [2.75, 3.05) is 27.2 Å². The van der Waals surface area contributed by atoms with Gasteiger partial charge in [-0.3, -0.25) is 4.99 Å². The van der Waals surface area contributed by atoms with E-state index in [1.807, 2.05) is 19.3 Å². The Hall–Kier alpha value is -1.36. The van der Waals surface area contributed by atoms with Crippen molar-refractivity contribution in [3.8, 4) is 0 Å². The second-order valence-corrected chi connectivity index (χ2v) is 5.76. The highest BCUT2D eigenvalue weighted by atomic mass is 32.1. The van der Waals surface area contributed by atoms with Crippen LogP contribution in [0.25, 0.3) is 0 Å². The quantitative estimate of drug-likeness (QED) is 0.361. The van der Waals surface area contributed by atoms with Crippen LogP contribution in [-0.4, -0.2) is 43.0 Å². The minimum atomic E-state index is 0.866. The van der Waals surface area contributed by atoms with Crippen molar-refractivity contribution in [3.63, 3.8) is 0 Å². The number of nitrogens with one attached hydrogen (secondary N) is 1. The van der Waals surface area contributed by atoms with E-state index in [2.05, 4.69) is 40.7 Å². The molecule has 0 amide bonds. The first-order chi connectivity index (χ1) is 9.17. The third-order valence-electron chi connectivity index (χ3n) is 2.77. The lowest BCUT2D eigenvalue weighted by molar-refractivity contribution is 0.470. The molecule has 0 aromatic carbocycles. The van der Waals surface area contributed by atoms with Gasteiger partial charge >= 0.3 is 0 Å². The normalized spacial score (nSPS) is 11.4. The Morgan fingerprint density at radius 3 is 3.00 bits per heavy atom. The molecule has 106 valence electrons. The average Bonchev–Trinajstić information content (AvgIpc) is 2.80. The van der Waals surface area contributed by atoms with Crippen LogP contribution < -0.4 is 5.32 Å². The number of guanidine groups is 1. The molecule has 0 spiro atoms. The molecule has 0 fully saturated rings. The summed E-state index contributed by atoms with van der Waals surface area (Å²) in [4.78, 5) is 12.1. The fourth-order valence-electron chi connectivity index (χ4n) is 1.76. The van der Waals surface area contributed by atoms with E-state index in [-0.39, 0.29) is 0 Å². The van der Waals surface area contributed by atoms with E-state index in [4.69, 9.17) is 0 Å². The molecule has 19 heavy (non-hydrogen) atoms. The molecule has 1 N–H and O–H groups in total. The Morgan fingerprint density at radius 2 is 2.42 bits per heavy atom. The third kappa shape index (κ3) is 5.87. The second kappa shape index (κ2) is 8.69. The maximum atomic E-state index is 4.36. The van der Waals surface area contributed by atoms with Gasteiger partial charge < -0.3 is 10.2 Å². The van der Waals surface area contributed by atoms with Crippen LogP contribution in [0.15, 0.2) is 23.8 Å². The molecule has 4 nitrogen and oxygen atoms in total. The summed E-state index contributed by atoms with van der Waals surface area (Å²) >= 11 is 1.76. The van der Waals surface area contributed by atoms with Crippen LogP contribution in [0, 0.1) is 6.92 Å².